The van der Waals surface area contributed by atoms with Crippen LogP contribution in [0.5, 0.6) is 0 Å². The number of hydrogen-bond acceptors (Lipinski definition) is 1. The number of para-hydroxylation sites is 1. The summed E-state index contributed by atoms with van der Waals surface area (Å²) in [5.41, 5.74) is 1.64. The van der Waals surface area contributed by atoms with Crippen LogP contribution in [0.2, 0.25) is 0 Å². The Balaban J connectivity index is 0.000000980. The van der Waals surface area contributed by atoms with Crippen LogP contribution in [0.25, 0.3) is 10.9 Å². The molecule has 0 aliphatic carbocycles. The average molecular weight is 213 g/mol. The largest absolute Gasteiger partial charge is 1.00 e. The van der Waals surface area contributed by atoms with E-state index in [0.29, 0.717) is 0 Å². The molecule has 1 aromatic carbocycles. The van der Waals surface area contributed by atoms with Crippen LogP contribution < -0.4 is 56.4 Å². The van der Waals surface area contributed by atoms with Gasteiger partial charge in [-0.25, -0.2) is 0 Å². The van der Waals surface area contributed by atoms with Gasteiger partial charge in [0.1, 0.15) is 0 Å². The Morgan fingerprint density at radius 2 is 2.07 bits per heavy atom. The van der Waals surface area contributed by atoms with E-state index in [4.69, 9.17) is 5.11 Å². The van der Waals surface area contributed by atoms with Gasteiger partial charge in [0, 0.05) is 0 Å². The summed E-state index contributed by atoms with van der Waals surface area (Å²) in [6.45, 7) is 0. The maximum absolute atomic E-state index is 10.5. The summed E-state index contributed by atoms with van der Waals surface area (Å²) in [5.74, 6) is -0.821. The average Bonchev–Trinajstić information content (AvgIpc) is 2.48. The molecule has 0 amide bonds. The number of rotatable bonds is 2. The third-order valence-electron chi connectivity index (χ3n) is 1.95. The first-order chi connectivity index (χ1) is 6.27. The minimum absolute atomic E-state index is 0. The molecule has 2 aromatic rings. The minimum Gasteiger partial charge on any atom is -0.663 e. The summed E-state index contributed by atoms with van der Waals surface area (Å²) in [4.78, 5) is 14.6. The summed E-state index contributed by atoms with van der Waals surface area (Å²) in [5, 5.41) is 9.55. The van der Waals surface area contributed by atoms with E-state index in [-0.39, 0.29) is 57.8 Å². The quantitative estimate of drug-likeness (QED) is 0.613. The standard InChI is InChI=1S/C10H8NO2.K/c12-10(13)5-7-6-11-9-4-2-1-3-8(7)9;/h1-4,6H,5H2,(H,12,13);/q-1;+1. The Hall–Kier alpha value is -0.134. The van der Waals surface area contributed by atoms with Gasteiger partial charge in [-0.2, -0.15) is 6.20 Å². The van der Waals surface area contributed by atoms with Crippen molar-refractivity contribution in [2.24, 2.45) is 0 Å². The molecule has 0 aliphatic heterocycles. The Morgan fingerprint density at radius 1 is 1.36 bits per heavy atom. The van der Waals surface area contributed by atoms with Crippen molar-refractivity contribution in [3.63, 3.8) is 0 Å². The summed E-state index contributed by atoms with van der Waals surface area (Å²) in [6, 6.07) is 7.54. The van der Waals surface area contributed by atoms with E-state index in [1.54, 1.807) is 6.20 Å². The van der Waals surface area contributed by atoms with E-state index in [1.807, 2.05) is 24.3 Å². The van der Waals surface area contributed by atoms with E-state index in [0.717, 1.165) is 16.5 Å². The summed E-state index contributed by atoms with van der Waals surface area (Å²) in [7, 11) is 0. The van der Waals surface area contributed by atoms with Crippen LogP contribution in [0, 0.1) is 0 Å². The van der Waals surface area contributed by atoms with Crippen LogP contribution in [0.1, 0.15) is 5.56 Å². The predicted octanol–water partition coefficient (Wildman–Crippen LogP) is -1.57. The molecule has 0 fully saturated rings. The Morgan fingerprint density at radius 3 is 2.79 bits per heavy atom. The van der Waals surface area contributed by atoms with E-state index in [9.17, 15) is 4.79 Å². The molecule has 66 valence electrons. The number of aromatic nitrogens is 1. The van der Waals surface area contributed by atoms with Crippen molar-refractivity contribution in [3.8, 4) is 0 Å². The van der Waals surface area contributed by atoms with Crippen LogP contribution in [-0.2, 0) is 11.2 Å². The zero-order valence-corrected chi connectivity index (χ0v) is 11.0. The topological polar surface area (TPSA) is 51.4 Å². The van der Waals surface area contributed by atoms with Crippen LogP contribution in [0.3, 0.4) is 0 Å². The van der Waals surface area contributed by atoms with Gasteiger partial charge >= 0.3 is 57.4 Å². The second-order valence-electron chi connectivity index (χ2n) is 2.87. The Bertz CT molecular complexity index is 450. The molecule has 1 heterocycles. The van der Waals surface area contributed by atoms with Crippen LogP contribution in [-0.4, -0.2) is 11.1 Å². The number of fused-ring (bicyclic) bond motifs is 1. The van der Waals surface area contributed by atoms with Gasteiger partial charge in [0.05, 0.1) is 6.42 Å². The van der Waals surface area contributed by atoms with Crippen molar-refractivity contribution in [1.82, 2.24) is 4.98 Å². The maximum Gasteiger partial charge on any atom is 1.00 e. The summed E-state index contributed by atoms with van der Waals surface area (Å²) >= 11 is 0. The monoisotopic (exact) mass is 213 g/mol. The van der Waals surface area contributed by atoms with E-state index >= 15 is 0 Å². The number of hydrogen-bond donors (Lipinski definition) is 1. The van der Waals surface area contributed by atoms with Crippen molar-refractivity contribution in [3.05, 3.63) is 36.0 Å². The SMILES string of the molecule is O=C(O)Cc1c[n-]c2ccccc12.[K+]. The third kappa shape index (κ3) is 2.46. The van der Waals surface area contributed by atoms with E-state index in [2.05, 4.69) is 4.98 Å². The van der Waals surface area contributed by atoms with E-state index < -0.39 is 5.97 Å². The third-order valence-corrected chi connectivity index (χ3v) is 1.95. The molecule has 0 radical (unpaired) electrons. The van der Waals surface area contributed by atoms with Gasteiger partial charge in [-0.3, -0.25) is 4.79 Å². The predicted molar refractivity (Wildman–Crippen MR) is 48.6 cm³/mol. The normalized spacial score (nSPS) is 9.71. The van der Waals surface area contributed by atoms with Crippen LogP contribution in [0.4, 0.5) is 0 Å². The molecule has 3 nitrogen and oxygen atoms in total. The number of nitrogens with zero attached hydrogens (tertiary/aromatic N) is 1. The maximum atomic E-state index is 10.5. The van der Waals surface area contributed by atoms with Gasteiger partial charge in [0.15, 0.2) is 0 Å². The molecule has 14 heavy (non-hydrogen) atoms. The number of carbonyl (C=O) groups is 1. The fraction of sp³-hybridized carbons (Fsp3) is 0.100. The molecule has 1 N–H and O–H groups in total. The zero-order valence-electron chi connectivity index (χ0n) is 7.90. The Kier molecular flexibility index (Phi) is 4.34. The van der Waals surface area contributed by atoms with Crippen molar-refractivity contribution in [2.75, 3.05) is 0 Å². The number of carboxylic acids is 1. The van der Waals surface area contributed by atoms with Gasteiger partial charge in [0.2, 0.25) is 0 Å². The van der Waals surface area contributed by atoms with Crippen LogP contribution >= 0.6 is 0 Å². The smallest absolute Gasteiger partial charge is 0.663 e. The van der Waals surface area contributed by atoms with Gasteiger partial charge in [-0.15, -0.1) is 5.52 Å². The Labute approximate surface area is 124 Å². The molecule has 0 saturated heterocycles. The first-order valence-electron chi connectivity index (χ1n) is 3.98. The molecule has 0 atom stereocenters. The summed E-state index contributed by atoms with van der Waals surface area (Å²) in [6.07, 6.45) is 1.67. The molecule has 0 aliphatic rings. The molecule has 2 rings (SSSR count). The zero-order chi connectivity index (χ0) is 9.26. The van der Waals surface area contributed by atoms with Crippen molar-refractivity contribution in [2.45, 2.75) is 6.42 Å². The molecule has 1 aromatic heterocycles. The minimum atomic E-state index is -0.821. The molecule has 0 bridgehead atoms. The number of carboxylic acid groups (broad SMARTS) is 1. The molecule has 0 spiro atoms. The van der Waals surface area contributed by atoms with Gasteiger partial charge in [-0.05, 0) is 5.39 Å². The van der Waals surface area contributed by atoms with Crippen molar-refractivity contribution < 1.29 is 61.3 Å². The molecule has 0 unspecified atom stereocenters. The first-order valence-corrected chi connectivity index (χ1v) is 3.98. The van der Waals surface area contributed by atoms with Crippen molar-refractivity contribution >= 4 is 16.9 Å². The summed E-state index contributed by atoms with van der Waals surface area (Å²) < 4.78 is 0. The fourth-order valence-electron chi connectivity index (χ4n) is 1.38. The fourth-order valence-corrected chi connectivity index (χ4v) is 1.38. The first kappa shape index (κ1) is 11.9. The number of aliphatic carboxylic acids is 1. The molecule has 0 saturated carbocycles. The molecular formula is C10H8KNO2. The second kappa shape index (κ2) is 5.09. The van der Waals surface area contributed by atoms with Gasteiger partial charge in [0.25, 0.3) is 0 Å². The van der Waals surface area contributed by atoms with E-state index in [1.165, 1.54) is 0 Å². The van der Waals surface area contributed by atoms with Crippen LogP contribution in [0.15, 0.2) is 30.5 Å². The van der Waals surface area contributed by atoms with Gasteiger partial charge < -0.3 is 10.1 Å². The van der Waals surface area contributed by atoms with Crippen molar-refractivity contribution in [1.29, 1.82) is 0 Å². The molecule has 4 heteroatoms. The van der Waals surface area contributed by atoms with Gasteiger partial charge in [-0.1, -0.05) is 29.8 Å². The second-order valence-corrected chi connectivity index (χ2v) is 2.87. The number of benzene rings is 1. The molecular weight excluding hydrogens is 205 g/mol.